The first-order valence-corrected chi connectivity index (χ1v) is 9.91. The number of rotatable bonds is 4. The second-order valence-corrected chi connectivity index (χ2v) is 7.84. The first kappa shape index (κ1) is 17.3. The Bertz CT molecular complexity index is 815. The largest absolute Gasteiger partial charge is 0.348 e. The van der Waals surface area contributed by atoms with Crippen LogP contribution in [-0.4, -0.2) is 10.5 Å². The summed E-state index contributed by atoms with van der Waals surface area (Å²) in [5, 5.41) is 6.48. The lowest BCUT2D eigenvalue weighted by molar-refractivity contribution is 0.0950. The van der Waals surface area contributed by atoms with E-state index in [4.69, 9.17) is 0 Å². The number of hydrogen-bond acceptors (Lipinski definition) is 2. The van der Waals surface area contributed by atoms with E-state index in [-0.39, 0.29) is 5.91 Å². The zero-order chi connectivity index (χ0) is 18.1. The molecule has 1 aliphatic carbocycles. The molecule has 1 saturated carbocycles. The van der Waals surface area contributed by atoms with E-state index < -0.39 is 0 Å². The molecule has 0 atom stereocenters. The normalized spacial score (nSPS) is 17.3. The lowest BCUT2D eigenvalue weighted by Gasteiger charge is -2.26. The van der Waals surface area contributed by atoms with Crippen LogP contribution in [0, 0.1) is 13.8 Å². The average molecular weight is 351 g/mol. The quantitative estimate of drug-likeness (QED) is 0.869. The van der Waals surface area contributed by atoms with Gasteiger partial charge in [0.05, 0.1) is 5.56 Å². The molecule has 0 spiro atoms. The molecule has 4 nitrogen and oxygen atoms in total. The van der Waals surface area contributed by atoms with Crippen LogP contribution in [0.2, 0.25) is 0 Å². The third-order valence-electron chi connectivity index (χ3n) is 6.02. The van der Waals surface area contributed by atoms with Crippen LogP contribution in [0.5, 0.6) is 0 Å². The number of nitrogens with one attached hydrogen (secondary N) is 2. The lowest BCUT2D eigenvalue weighted by atomic mass is 9.95. The molecule has 0 saturated heterocycles. The second-order valence-electron chi connectivity index (χ2n) is 7.84. The molecule has 26 heavy (non-hydrogen) atoms. The van der Waals surface area contributed by atoms with Crippen molar-refractivity contribution in [3.05, 3.63) is 57.9 Å². The smallest absolute Gasteiger partial charge is 0.253 e. The summed E-state index contributed by atoms with van der Waals surface area (Å²) in [7, 11) is 0. The average Bonchev–Trinajstić information content (AvgIpc) is 3.24. The van der Waals surface area contributed by atoms with Crippen LogP contribution >= 0.6 is 0 Å². The molecule has 2 aliphatic rings. The van der Waals surface area contributed by atoms with Gasteiger partial charge < -0.3 is 15.2 Å². The Kier molecular flexibility index (Phi) is 4.86. The van der Waals surface area contributed by atoms with Crippen molar-refractivity contribution >= 4 is 5.91 Å². The van der Waals surface area contributed by atoms with Crippen LogP contribution in [-0.2, 0) is 19.6 Å². The monoisotopic (exact) mass is 351 g/mol. The zero-order valence-corrected chi connectivity index (χ0v) is 15.9. The minimum atomic E-state index is 0.0405. The first-order chi connectivity index (χ1) is 12.6. The standard InChI is InChI=1S/C22H29N3O/c1-15-10-21(16(2)25(15)20-6-4-3-5-7-20)22(26)24-12-17-8-9-18-13-23-14-19(18)11-17/h8-11,20,23H,3-7,12-14H2,1-2H3,(H,24,26). The van der Waals surface area contributed by atoms with Gasteiger partial charge >= 0.3 is 0 Å². The molecule has 2 N–H and O–H groups in total. The fourth-order valence-electron chi connectivity index (χ4n) is 4.64. The van der Waals surface area contributed by atoms with Crippen LogP contribution in [0.15, 0.2) is 24.3 Å². The van der Waals surface area contributed by atoms with E-state index in [0.29, 0.717) is 12.6 Å². The molecule has 0 bridgehead atoms. The number of carbonyl (C=O) groups excluding carboxylic acids is 1. The summed E-state index contributed by atoms with van der Waals surface area (Å²) >= 11 is 0. The van der Waals surface area contributed by atoms with Gasteiger partial charge in [-0.15, -0.1) is 0 Å². The molecule has 4 rings (SSSR count). The predicted octanol–water partition coefficient (Wildman–Crippen LogP) is 4.14. The molecular formula is C22H29N3O. The van der Waals surface area contributed by atoms with Crippen LogP contribution < -0.4 is 10.6 Å². The first-order valence-electron chi connectivity index (χ1n) is 9.91. The van der Waals surface area contributed by atoms with Crippen LogP contribution in [0.4, 0.5) is 0 Å². The zero-order valence-electron chi connectivity index (χ0n) is 15.9. The fourth-order valence-corrected chi connectivity index (χ4v) is 4.64. The van der Waals surface area contributed by atoms with E-state index in [2.05, 4.69) is 53.3 Å². The highest BCUT2D eigenvalue weighted by Crippen LogP contribution is 2.32. The molecule has 2 aromatic rings. The van der Waals surface area contributed by atoms with Gasteiger partial charge in [-0.2, -0.15) is 0 Å². The molecule has 4 heteroatoms. The molecule has 1 aromatic carbocycles. The Morgan fingerprint density at radius 3 is 2.69 bits per heavy atom. The second kappa shape index (κ2) is 7.28. The summed E-state index contributed by atoms with van der Waals surface area (Å²) in [5.74, 6) is 0.0405. The number of nitrogens with zero attached hydrogens (tertiary/aromatic N) is 1. The maximum atomic E-state index is 12.8. The fraction of sp³-hybridized carbons (Fsp3) is 0.500. The van der Waals surface area contributed by atoms with Gasteiger partial charge in [0.1, 0.15) is 0 Å². The topological polar surface area (TPSA) is 46.1 Å². The van der Waals surface area contributed by atoms with Crippen molar-refractivity contribution in [3.8, 4) is 0 Å². The van der Waals surface area contributed by atoms with Crippen molar-refractivity contribution in [1.29, 1.82) is 0 Å². The summed E-state index contributed by atoms with van der Waals surface area (Å²) in [6.07, 6.45) is 6.42. The number of hydrogen-bond donors (Lipinski definition) is 2. The van der Waals surface area contributed by atoms with Gasteiger partial charge in [-0.25, -0.2) is 0 Å². The molecule has 0 radical (unpaired) electrons. The van der Waals surface area contributed by atoms with Gasteiger partial charge in [-0.05, 0) is 49.4 Å². The van der Waals surface area contributed by atoms with E-state index in [0.717, 1.165) is 24.3 Å². The van der Waals surface area contributed by atoms with Crippen molar-refractivity contribution in [1.82, 2.24) is 15.2 Å². The molecule has 1 fully saturated rings. The van der Waals surface area contributed by atoms with Crippen molar-refractivity contribution < 1.29 is 4.79 Å². The Hall–Kier alpha value is -2.07. The molecule has 1 aromatic heterocycles. The minimum Gasteiger partial charge on any atom is -0.348 e. The highest BCUT2D eigenvalue weighted by Gasteiger charge is 2.22. The number of aryl methyl sites for hydroxylation is 1. The summed E-state index contributed by atoms with van der Waals surface area (Å²) in [4.78, 5) is 12.8. The van der Waals surface area contributed by atoms with E-state index >= 15 is 0 Å². The molecule has 1 aliphatic heterocycles. The number of carbonyl (C=O) groups is 1. The van der Waals surface area contributed by atoms with E-state index in [1.807, 2.05) is 0 Å². The third kappa shape index (κ3) is 3.30. The third-order valence-corrected chi connectivity index (χ3v) is 6.02. The SMILES string of the molecule is Cc1cc(C(=O)NCc2ccc3c(c2)CNC3)c(C)n1C1CCCCC1. The summed E-state index contributed by atoms with van der Waals surface area (Å²) in [6, 6.07) is 9.13. The number of aromatic nitrogens is 1. The van der Waals surface area contributed by atoms with Gasteiger partial charge in [0.2, 0.25) is 0 Å². The molecular weight excluding hydrogens is 322 g/mol. The highest BCUT2D eigenvalue weighted by atomic mass is 16.1. The highest BCUT2D eigenvalue weighted by molar-refractivity contribution is 5.95. The number of fused-ring (bicyclic) bond motifs is 1. The van der Waals surface area contributed by atoms with Gasteiger partial charge in [-0.3, -0.25) is 4.79 Å². The maximum Gasteiger partial charge on any atom is 0.253 e. The van der Waals surface area contributed by atoms with Crippen molar-refractivity contribution in [2.24, 2.45) is 0 Å². The molecule has 2 heterocycles. The molecule has 0 unspecified atom stereocenters. The Morgan fingerprint density at radius 1 is 1.12 bits per heavy atom. The van der Waals surface area contributed by atoms with Crippen LogP contribution in [0.3, 0.4) is 0 Å². The van der Waals surface area contributed by atoms with Crippen molar-refractivity contribution in [3.63, 3.8) is 0 Å². The summed E-state index contributed by atoms with van der Waals surface area (Å²) < 4.78 is 2.40. The van der Waals surface area contributed by atoms with Crippen LogP contribution in [0.1, 0.15) is 76.6 Å². The predicted molar refractivity (Wildman–Crippen MR) is 104 cm³/mol. The Labute approximate surface area is 156 Å². The lowest BCUT2D eigenvalue weighted by Crippen LogP contribution is -2.24. The van der Waals surface area contributed by atoms with Gasteiger partial charge in [0, 0.05) is 37.1 Å². The van der Waals surface area contributed by atoms with Gasteiger partial charge in [-0.1, -0.05) is 37.5 Å². The Balaban J connectivity index is 1.46. The van der Waals surface area contributed by atoms with Crippen molar-refractivity contribution in [2.45, 2.75) is 71.6 Å². The molecule has 1 amide bonds. The van der Waals surface area contributed by atoms with Gasteiger partial charge in [0.25, 0.3) is 5.91 Å². The van der Waals surface area contributed by atoms with Gasteiger partial charge in [0.15, 0.2) is 0 Å². The maximum absolute atomic E-state index is 12.8. The summed E-state index contributed by atoms with van der Waals surface area (Å²) in [6.45, 7) is 6.69. The number of benzene rings is 1. The molecule has 138 valence electrons. The Morgan fingerprint density at radius 2 is 1.88 bits per heavy atom. The van der Waals surface area contributed by atoms with E-state index in [9.17, 15) is 4.79 Å². The van der Waals surface area contributed by atoms with Crippen molar-refractivity contribution in [2.75, 3.05) is 0 Å². The van der Waals surface area contributed by atoms with E-state index in [1.165, 1.54) is 54.5 Å². The van der Waals surface area contributed by atoms with E-state index in [1.54, 1.807) is 0 Å². The minimum absolute atomic E-state index is 0.0405. The number of amides is 1. The van der Waals surface area contributed by atoms with Crippen LogP contribution in [0.25, 0.3) is 0 Å². The summed E-state index contributed by atoms with van der Waals surface area (Å²) in [5.41, 5.74) is 7.05.